The first kappa shape index (κ1) is 15.7. The lowest BCUT2D eigenvalue weighted by molar-refractivity contribution is 0.0526. The van der Waals surface area contributed by atoms with Gasteiger partial charge in [-0.25, -0.2) is 4.79 Å². The highest BCUT2D eigenvalue weighted by atomic mass is 16.5. The third-order valence-electron chi connectivity index (χ3n) is 4.26. The normalized spacial score (nSPS) is 18.2. The molecule has 0 saturated heterocycles. The molecule has 0 bridgehead atoms. The van der Waals surface area contributed by atoms with Gasteiger partial charge in [-0.1, -0.05) is 13.8 Å². The zero-order valence-corrected chi connectivity index (χ0v) is 13.2. The van der Waals surface area contributed by atoms with Crippen LogP contribution in [0.4, 0.5) is 11.4 Å². The average molecular weight is 290 g/mol. The van der Waals surface area contributed by atoms with Crippen molar-refractivity contribution in [1.82, 2.24) is 0 Å². The van der Waals surface area contributed by atoms with Gasteiger partial charge in [0.15, 0.2) is 0 Å². The first-order valence-electron chi connectivity index (χ1n) is 7.74. The van der Waals surface area contributed by atoms with E-state index in [1.807, 2.05) is 6.07 Å². The summed E-state index contributed by atoms with van der Waals surface area (Å²) in [4.78, 5) is 11.7. The summed E-state index contributed by atoms with van der Waals surface area (Å²) in [6.45, 7) is 6.82. The fourth-order valence-corrected chi connectivity index (χ4v) is 2.80. The summed E-state index contributed by atoms with van der Waals surface area (Å²) in [5, 5.41) is 3.51. The summed E-state index contributed by atoms with van der Waals surface area (Å²) in [6.07, 6.45) is 4.77. The molecule has 0 aromatic heterocycles. The fourth-order valence-electron chi connectivity index (χ4n) is 2.80. The Labute approximate surface area is 127 Å². The molecule has 1 aliphatic rings. The van der Waals surface area contributed by atoms with Gasteiger partial charge in [-0.15, -0.1) is 0 Å². The molecule has 1 fully saturated rings. The summed E-state index contributed by atoms with van der Waals surface area (Å²) in [5.74, 6) is -0.324. The summed E-state index contributed by atoms with van der Waals surface area (Å²) < 4.78 is 4.98. The summed E-state index contributed by atoms with van der Waals surface area (Å²) in [6, 6.07) is 5.80. The van der Waals surface area contributed by atoms with Crippen molar-refractivity contribution in [3.05, 3.63) is 23.8 Å². The molecule has 116 valence electrons. The molecule has 0 heterocycles. The quantitative estimate of drug-likeness (QED) is 0.653. The average Bonchev–Trinajstić information content (AvgIpc) is 2.43. The number of carbonyl (C=O) groups excluding carboxylic acids is 1. The van der Waals surface area contributed by atoms with Crippen LogP contribution in [0.1, 0.15) is 56.8 Å². The van der Waals surface area contributed by atoms with Gasteiger partial charge in [0, 0.05) is 6.04 Å². The van der Waals surface area contributed by atoms with Crippen molar-refractivity contribution in [2.24, 2.45) is 5.41 Å². The van der Waals surface area contributed by atoms with E-state index in [9.17, 15) is 4.79 Å². The lowest BCUT2D eigenvalue weighted by Gasteiger charge is -2.35. The number of nitrogen functional groups attached to an aromatic ring is 1. The monoisotopic (exact) mass is 290 g/mol. The van der Waals surface area contributed by atoms with Crippen LogP contribution in [0.25, 0.3) is 0 Å². The molecule has 0 aliphatic heterocycles. The molecule has 2 rings (SSSR count). The number of hydrogen-bond acceptors (Lipinski definition) is 4. The van der Waals surface area contributed by atoms with E-state index in [0.29, 0.717) is 29.3 Å². The van der Waals surface area contributed by atoms with Gasteiger partial charge < -0.3 is 15.8 Å². The first-order chi connectivity index (χ1) is 9.91. The maximum absolute atomic E-state index is 11.7. The minimum absolute atomic E-state index is 0.324. The molecule has 1 saturated carbocycles. The maximum Gasteiger partial charge on any atom is 0.338 e. The summed E-state index contributed by atoms with van der Waals surface area (Å²) in [7, 11) is 0. The molecule has 21 heavy (non-hydrogen) atoms. The standard InChI is InChI=1S/C17H26N2O2/c1-4-21-16(20)12-5-6-15(14(18)11-12)19-13-7-9-17(2,3)10-8-13/h5-6,11,13,19H,4,7-10,18H2,1-3H3. The second kappa shape index (κ2) is 6.37. The summed E-state index contributed by atoms with van der Waals surface area (Å²) >= 11 is 0. The van der Waals surface area contributed by atoms with Crippen LogP contribution in [0.15, 0.2) is 18.2 Å². The molecule has 1 aromatic rings. The number of rotatable bonds is 4. The number of benzene rings is 1. The van der Waals surface area contributed by atoms with Gasteiger partial charge in [-0.3, -0.25) is 0 Å². The minimum atomic E-state index is -0.324. The van der Waals surface area contributed by atoms with Crippen LogP contribution < -0.4 is 11.1 Å². The van der Waals surface area contributed by atoms with Crippen molar-refractivity contribution in [1.29, 1.82) is 0 Å². The molecule has 0 spiro atoms. The van der Waals surface area contributed by atoms with E-state index in [1.54, 1.807) is 19.1 Å². The predicted molar refractivity (Wildman–Crippen MR) is 86.5 cm³/mol. The molecule has 4 nitrogen and oxygen atoms in total. The Kier molecular flexibility index (Phi) is 4.76. The Morgan fingerprint density at radius 3 is 2.62 bits per heavy atom. The molecule has 0 amide bonds. The molecule has 1 aliphatic carbocycles. The highest BCUT2D eigenvalue weighted by Crippen LogP contribution is 2.36. The number of hydrogen-bond donors (Lipinski definition) is 2. The van der Waals surface area contributed by atoms with E-state index in [1.165, 1.54) is 12.8 Å². The fraction of sp³-hybridized carbons (Fsp3) is 0.588. The van der Waals surface area contributed by atoms with E-state index in [0.717, 1.165) is 18.5 Å². The number of anilines is 2. The third-order valence-corrected chi connectivity index (χ3v) is 4.26. The third kappa shape index (κ3) is 4.13. The van der Waals surface area contributed by atoms with Crippen LogP contribution in [0.2, 0.25) is 0 Å². The number of ether oxygens (including phenoxy) is 1. The Balaban J connectivity index is 2.00. The molecule has 0 atom stereocenters. The van der Waals surface area contributed by atoms with Crippen molar-refractivity contribution >= 4 is 17.3 Å². The van der Waals surface area contributed by atoms with Crippen molar-refractivity contribution < 1.29 is 9.53 Å². The van der Waals surface area contributed by atoms with E-state index in [-0.39, 0.29) is 5.97 Å². The molecule has 3 N–H and O–H groups in total. The van der Waals surface area contributed by atoms with Crippen LogP contribution in [-0.2, 0) is 4.74 Å². The van der Waals surface area contributed by atoms with E-state index in [2.05, 4.69) is 19.2 Å². The van der Waals surface area contributed by atoms with Crippen LogP contribution in [0.3, 0.4) is 0 Å². The van der Waals surface area contributed by atoms with Crippen molar-refractivity contribution in [2.75, 3.05) is 17.7 Å². The zero-order valence-electron chi connectivity index (χ0n) is 13.2. The molecular formula is C17H26N2O2. The molecule has 1 aromatic carbocycles. The molecule has 0 unspecified atom stereocenters. The van der Waals surface area contributed by atoms with Crippen LogP contribution >= 0.6 is 0 Å². The summed E-state index contributed by atoms with van der Waals surface area (Å²) in [5.41, 5.74) is 8.53. The lowest BCUT2D eigenvalue weighted by Crippen LogP contribution is -2.30. The first-order valence-corrected chi connectivity index (χ1v) is 7.74. The van der Waals surface area contributed by atoms with Gasteiger partial charge in [0.05, 0.1) is 23.5 Å². The number of nitrogens with two attached hydrogens (primary N) is 1. The highest BCUT2D eigenvalue weighted by Gasteiger charge is 2.26. The molecular weight excluding hydrogens is 264 g/mol. The maximum atomic E-state index is 11.7. The Morgan fingerprint density at radius 2 is 2.05 bits per heavy atom. The number of esters is 1. The minimum Gasteiger partial charge on any atom is -0.462 e. The second-order valence-corrected chi connectivity index (χ2v) is 6.61. The van der Waals surface area contributed by atoms with Gasteiger partial charge in [-0.05, 0) is 56.2 Å². The number of nitrogens with one attached hydrogen (secondary N) is 1. The predicted octanol–water partition coefficient (Wildman–Crippen LogP) is 3.83. The zero-order chi connectivity index (χ0) is 15.5. The van der Waals surface area contributed by atoms with Gasteiger partial charge in [0.25, 0.3) is 0 Å². The smallest absolute Gasteiger partial charge is 0.338 e. The Hall–Kier alpha value is -1.71. The molecule has 4 heteroatoms. The molecule has 0 radical (unpaired) electrons. The van der Waals surface area contributed by atoms with Crippen molar-refractivity contribution in [2.45, 2.75) is 52.5 Å². The second-order valence-electron chi connectivity index (χ2n) is 6.61. The Morgan fingerprint density at radius 1 is 1.38 bits per heavy atom. The van der Waals surface area contributed by atoms with Crippen molar-refractivity contribution in [3.63, 3.8) is 0 Å². The lowest BCUT2D eigenvalue weighted by atomic mass is 9.75. The van der Waals surface area contributed by atoms with Crippen LogP contribution in [-0.4, -0.2) is 18.6 Å². The van der Waals surface area contributed by atoms with Gasteiger partial charge >= 0.3 is 5.97 Å². The highest BCUT2D eigenvalue weighted by molar-refractivity contribution is 5.91. The van der Waals surface area contributed by atoms with Crippen LogP contribution in [0, 0.1) is 5.41 Å². The van der Waals surface area contributed by atoms with E-state index < -0.39 is 0 Å². The van der Waals surface area contributed by atoms with Crippen molar-refractivity contribution in [3.8, 4) is 0 Å². The van der Waals surface area contributed by atoms with Gasteiger partial charge in [0.1, 0.15) is 0 Å². The largest absolute Gasteiger partial charge is 0.462 e. The van der Waals surface area contributed by atoms with E-state index >= 15 is 0 Å². The number of carbonyl (C=O) groups is 1. The SMILES string of the molecule is CCOC(=O)c1ccc(NC2CCC(C)(C)CC2)c(N)c1. The van der Waals surface area contributed by atoms with Gasteiger partial charge in [0.2, 0.25) is 0 Å². The Bertz CT molecular complexity index is 502. The topological polar surface area (TPSA) is 64.3 Å². The van der Waals surface area contributed by atoms with E-state index in [4.69, 9.17) is 10.5 Å². The van der Waals surface area contributed by atoms with Gasteiger partial charge in [-0.2, -0.15) is 0 Å². The van der Waals surface area contributed by atoms with Crippen LogP contribution in [0.5, 0.6) is 0 Å².